The zero-order valence-electron chi connectivity index (χ0n) is 24.1. The van der Waals surface area contributed by atoms with Gasteiger partial charge in [-0.2, -0.15) is 0 Å². The van der Waals surface area contributed by atoms with Gasteiger partial charge in [-0.15, -0.1) is 0 Å². The predicted octanol–water partition coefficient (Wildman–Crippen LogP) is 3.51. The van der Waals surface area contributed by atoms with Gasteiger partial charge in [0.1, 0.15) is 17.7 Å². The maximum atomic E-state index is 13.6. The number of piperazine rings is 1. The van der Waals surface area contributed by atoms with Gasteiger partial charge in [-0.3, -0.25) is 9.69 Å². The van der Waals surface area contributed by atoms with Crippen LogP contribution in [0.15, 0.2) is 72.8 Å². The van der Waals surface area contributed by atoms with Crippen molar-refractivity contribution in [2.24, 2.45) is 0 Å². The number of nitrogens with one attached hydrogen (secondary N) is 1. The van der Waals surface area contributed by atoms with Crippen LogP contribution in [0.4, 0.5) is 9.18 Å². The van der Waals surface area contributed by atoms with Crippen LogP contribution >= 0.6 is 0 Å². The van der Waals surface area contributed by atoms with Gasteiger partial charge in [0.05, 0.1) is 25.8 Å². The highest BCUT2D eigenvalue weighted by Gasteiger charge is 2.47. The third-order valence-corrected chi connectivity index (χ3v) is 7.82. The molecule has 2 heterocycles. The van der Waals surface area contributed by atoms with Crippen LogP contribution in [-0.4, -0.2) is 88.9 Å². The molecule has 0 spiro atoms. The number of hydrogen-bond acceptors (Lipinski definition) is 6. The molecule has 0 unspecified atom stereocenters. The van der Waals surface area contributed by atoms with E-state index in [1.165, 1.54) is 17.7 Å². The summed E-state index contributed by atoms with van der Waals surface area (Å²) in [5, 5.41) is 16.0. The Morgan fingerprint density at radius 2 is 1.64 bits per heavy atom. The number of halogens is 1. The normalized spacial score (nSPS) is 19.5. The minimum absolute atomic E-state index is 0.0378. The fourth-order valence-electron chi connectivity index (χ4n) is 5.64. The van der Waals surface area contributed by atoms with Crippen molar-refractivity contribution in [2.75, 3.05) is 39.8 Å². The standard InChI is InChI=1S/C32H38FN5O4/c1-23-3-5-26(6-4-23)22-42-16-15-36-19-28(17-24-9-13-29(39)14-10-24)37-30(20-36)38(35(2)21-31(37)40)32(41)34-18-25-7-11-27(33)12-8-25/h3-14,28,30,39H,15-22H2,1-2H3,(H,34,41)/t28-,30-/m0/s1. The van der Waals surface area contributed by atoms with E-state index in [0.29, 0.717) is 39.3 Å². The Labute approximate surface area is 246 Å². The van der Waals surface area contributed by atoms with E-state index in [1.807, 2.05) is 17.0 Å². The Balaban J connectivity index is 1.31. The first kappa shape index (κ1) is 29.5. The molecule has 9 nitrogen and oxygen atoms in total. The summed E-state index contributed by atoms with van der Waals surface area (Å²) >= 11 is 0. The SMILES string of the molecule is Cc1ccc(COCCN2C[C@H](Cc3ccc(O)cc3)N3C(=O)CN(C)N(C(=O)NCc4ccc(F)cc4)[C@H]3C2)cc1. The predicted molar refractivity (Wildman–Crippen MR) is 157 cm³/mol. The first-order chi connectivity index (χ1) is 20.3. The van der Waals surface area contributed by atoms with Gasteiger partial charge in [0, 0.05) is 33.2 Å². The number of hydrazine groups is 1. The highest BCUT2D eigenvalue weighted by molar-refractivity contribution is 5.83. The Kier molecular flexibility index (Phi) is 9.36. The maximum absolute atomic E-state index is 13.6. The summed E-state index contributed by atoms with van der Waals surface area (Å²) in [6.07, 6.45) is 0.0651. The summed E-state index contributed by atoms with van der Waals surface area (Å²) in [4.78, 5) is 31.1. The number of aromatic hydroxyl groups is 1. The van der Waals surface area contributed by atoms with E-state index in [2.05, 4.69) is 41.4 Å². The first-order valence-corrected chi connectivity index (χ1v) is 14.2. The quantitative estimate of drug-likeness (QED) is 0.380. The molecule has 0 saturated carbocycles. The number of phenolic OH excluding ortho intramolecular Hbond substituents is 1. The second-order valence-electron chi connectivity index (χ2n) is 11.0. The van der Waals surface area contributed by atoms with Gasteiger partial charge in [-0.25, -0.2) is 19.2 Å². The monoisotopic (exact) mass is 575 g/mol. The van der Waals surface area contributed by atoms with Gasteiger partial charge < -0.3 is 20.1 Å². The molecule has 42 heavy (non-hydrogen) atoms. The topological polar surface area (TPSA) is 88.6 Å². The molecule has 0 aromatic heterocycles. The minimum Gasteiger partial charge on any atom is -0.508 e. The average Bonchev–Trinajstić information content (AvgIpc) is 2.97. The summed E-state index contributed by atoms with van der Waals surface area (Å²) < 4.78 is 19.3. The number of rotatable bonds is 9. The first-order valence-electron chi connectivity index (χ1n) is 14.2. The number of likely N-dealkylation sites (N-methyl/N-ethyl adjacent to an activating group) is 1. The molecule has 2 atom stereocenters. The number of hydrogen-bond donors (Lipinski definition) is 2. The Morgan fingerprint density at radius 1 is 0.976 bits per heavy atom. The number of aryl methyl sites for hydroxylation is 1. The lowest BCUT2D eigenvalue weighted by molar-refractivity contribution is -0.180. The number of benzene rings is 3. The molecule has 3 aromatic rings. The number of carbonyl (C=O) groups is 2. The molecule has 2 aliphatic heterocycles. The van der Waals surface area contributed by atoms with E-state index in [-0.39, 0.29) is 42.6 Å². The summed E-state index contributed by atoms with van der Waals surface area (Å²) in [5.41, 5.74) is 4.08. The van der Waals surface area contributed by atoms with Crippen molar-refractivity contribution in [1.82, 2.24) is 25.1 Å². The van der Waals surface area contributed by atoms with Crippen molar-refractivity contribution in [3.05, 3.63) is 101 Å². The number of carbonyl (C=O) groups excluding carboxylic acids is 2. The lowest BCUT2D eigenvalue weighted by Gasteiger charge is -2.55. The van der Waals surface area contributed by atoms with Crippen LogP contribution in [-0.2, 0) is 29.1 Å². The Bertz CT molecular complexity index is 1350. The molecule has 2 saturated heterocycles. The summed E-state index contributed by atoms with van der Waals surface area (Å²) in [5.74, 6) is -0.184. The highest BCUT2D eigenvalue weighted by atomic mass is 19.1. The molecule has 2 aliphatic rings. The molecule has 222 valence electrons. The zero-order valence-corrected chi connectivity index (χ0v) is 24.1. The van der Waals surface area contributed by atoms with Gasteiger partial charge in [-0.05, 0) is 54.3 Å². The van der Waals surface area contributed by atoms with Crippen molar-refractivity contribution in [3.63, 3.8) is 0 Å². The van der Waals surface area contributed by atoms with Gasteiger partial charge in [0.15, 0.2) is 0 Å². The zero-order chi connectivity index (χ0) is 29.6. The fourth-order valence-corrected chi connectivity index (χ4v) is 5.64. The number of urea groups is 1. The van der Waals surface area contributed by atoms with Crippen LogP contribution in [0.25, 0.3) is 0 Å². The summed E-state index contributed by atoms with van der Waals surface area (Å²) in [6, 6.07) is 20.8. The van der Waals surface area contributed by atoms with Crippen molar-refractivity contribution >= 4 is 11.9 Å². The van der Waals surface area contributed by atoms with Gasteiger partial charge in [0.2, 0.25) is 5.91 Å². The molecule has 2 N–H and O–H groups in total. The van der Waals surface area contributed by atoms with Crippen molar-refractivity contribution < 1.29 is 23.8 Å². The second-order valence-corrected chi connectivity index (χ2v) is 11.0. The van der Waals surface area contributed by atoms with Crippen LogP contribution in [0.5, 0.6) is 5.75 Å². The van der Waals surface area contributed by atoms with E-state index in [0.717, 1.165) is 16.7 Å². The van der Waals surface area contributed by atoms with Crippen LogP contribution in [0, 0.1) is 12.7 Å². The van der Waals surface area contributed by atoms with Gasteiger partial charge in [0.25, 0.3) is 0 Å². The largest absolute Gasteiger partial charge is 0.508 e. The number of ether oxygens (including phenoxy) is 1. The van der Waals surface area contributed by atoms with Crippen molar-refractivity contribution in [3.8, 4) is 5.75 Å². The van der Waals surface area contributed by atoms with Crippen LogP contribution in [0.1, 0.15) is 22.3 Å². The van der Waals surface area contributed by atoms with E-state index >= 15 is 0 Å². The fraction of sp³-hybridized carbons (Fsp3) is 0.375. The molecule has 3 aromatic carbocycles. The average molecular weight is 576 g/mol. The van der Waals surface area contributed by atoms with Crippen molar-refractivity contribution in [2.45, 2.75) is 38.7 Å². The number of nitrogens with zero attached hydrogens (tertiary/aromatic N) is 4. The molecule has 5 rings (SSSR count). The molecule has 0 bridgehead atoms. The molecular formula is C32H38FN5O4. The molecule has 10 heteroatoms. The van der Waals surface area contributed by atoms with Crippen LogP contribution in [0.3, 0.4) is 0 Å². The Morgan fingerprint density at radius 3 is 2.36 bits per heavy atom. The highest BCUT2D eigenvalue weighted by Crippen LogP contribution is 2.27. The molecule has 2 fully saturated rings. The van der Waals surface area contributed by atoms with Gasteiger partial charge in [-0.1, -0.05) is 54.1 Å². The van der Waals surface area contributed by atoms with Crippen LogP contribution in [0.2, 0.25) is 0 Å². The Hall–Kier alpha value is -3.99. The van der Waals surface area contributed by atoms with E-state index in [4.69, 9.17) is 4.74 Å². The van der Waals surface area contributed by atoms with E-state index < -0.39 is 6.17 Å². The molecule has 0 radical (unpaired) electrons. The minimum atomic E-state index is -0.516. The lowest BCUT2D eigenvalue weighted by atomic mass is 9.99. The second kappa shape index (κ2) is 13.3. The third kappa shape index (κ3) is 7.25. The summed E-state index contributed by atoms with van der Waals surface area (Å²) in [6.45, 7) is 5.13. The van der Waals surface area contributed by atoms with Crippen LogP contribution < -0.4 is 5.32 Å². The third-order valence-electron chi connectivity index (χ3n) is 7.82. The lowest BCUT2D eigenvalue weighted by Crippen LogP contribution is -2.75. The van der Waals surface area contributed by atoms with Gasteiger partial charge >= 0.3 is 6.03 Å². The van der Waals surface area contributed by atoms with E-state index in [9.17, 15) is 19.1 Å². The number of fused-ring (bicyclic) bond motifs is 1. The smallest absolute Gasteiger partial charge is 0.334 e. The number of amides is 3. The molecular weight excluding hydrogens is 537 g/mol. The molecule has 3 amide bonds. The summed E-state index contributed by atoms with van der Waals surface area (Å²) in [7, 11) is 1.74. The van der Waals surface area contributed by atoms with E-state index in [1.54, 1.807) is 41.3 Å². The number of phenols is 1. The molecule has 0 aliphatic carbocycles. The van der Waals surface area contributed by atoms with Crippen molar-refractivity contribution in [1.29, 1.82) is 0 Å². The maximum Gasteiger partial charge on any atom is 0.334 e.